The van der Waals surface area contributed by atoms with E-state index in [1.807, 2.05) is 32.2 Å². The molecule has 0 aliphatic carbocycles. The standard InChI is InChI=1S/C15H15ClFN/c1-10-3-5-13(17)8-15(10)14-6-4-12(16)7-11(14)9-18-2/h3-8,18H,9H2,1-2H3. The third-order valence-electron chi connectivity index (χ3n) is 2.92. The molecule has 2 rings (SSSR count). The van der Waals surface area contributed by atoms with Crippen LogP contribution in [-0.4, -0.2) is 7.05 Å². The summed E-state index contributed by atoms with van der Waals surface area (Å²) in [6.45, 7) is 2.68. The average Bonchev–Trinajstić information content (AvgIpc) is 2.33. The highest BCUT2D eigenvalue weighted by molar-refractivity contribution is 6.30. The average molecular weight is 264 g/mol. The molecule has 0 spiro atoms. The first-order valence-corrected chi connectivity index (χ1v) is 6.19. The molecule has 0 unspecified atom stereocenters. The number of halogens is 2. The number of rotatable bonds is 3. The molecule has 3 heteroatoms. The molecule has 18 heavy (non-hydrogen) atoms. The molecular formula is C15H15ClFN. The van der Waals surface area contributed by atoms with Crippen LogP contribution in [-0.2, 0) is 6.54 Å². The van der Waals surface area contributed by atoms with E-state index >= 15 is 0 Å². The van der Waals surface area contributed by atoms with Crippen molar-refractivity contribution in [1.82, 2.24) is 5.32 Å². The lowest BCUT2D eigenvalue weighted by atomic mass is 9.96. The first-order valence-electron chi connectivity index (χ1n) is 5.81. The molecule has 0 saturated heterocycles. The molecule has 0 aliphatic rings. The molecule has 0 aromatic heterocycles. The highest BCUT2D eigenvalue weighted by atomic mass is 35.5. The zero-order valence-corrected chi connectivity index (χ0v) is 11.2. The van der Waals surface area contributed by atoms with Crippen LogP contribution in [0.15, 0.2) is 36.4 Å². The van der Waals surface area contributed by atoms with Gasteiger partial charge in [-0.15, -0.1) is 0 Å². The second-order valence-electron chi connectivity index (χ2n) is 4.29. The molecule has 94 valence electrons. The Hall–Kier alpha value is -1.38. The van der Waals surface area contributed by atoms with Crippen LogP contribution >= 0.6 is 11.6 Å². The summed E-state index contributed by atoms with van der Waals surface area (Å²) in [5.74, 6) is -0.221. The monoisotopic (exact) mass is 263 g/mol. The van der Waals surface area contributed by atoms with Crippen LogP contribution in [0.25, 0.3) is 11.1 Å². The molecular weight excluding hydrogens is 249 g/mol. The van der Waals surface area contributed by atoms with Gasteiger partial charge in [0.25, 0.3) is 0 Å². The van der Waals surface area contributed by atoms with Crippen molar-refractivity contribution >= 4 is 11.6 Å². The Labute approximate surface area is 112 Å². The summed E-state index contributed by atoms with van der Waals surface area (Å²) >= 11 is 6.01. The van der Waals surface area contributed by atoms with Gasteiger partial charge in [-0.2, -0.15) is 0 Å². The van der Waals surface area contributed by atoms with E-state index in [-0.39, 0.29) is 5.82 Å². The lowest BCUT2D eigenvalue weighted by Gasteiger charge is -2.12. The van der Waals surface area contributed by atoms with E-state index in [1.165, 1.54) is 6.07 Å². The van der Waals surface area contributed by atoms with Crippen molar-refractivity contribution in [2.45, 2.75) is 13.5 Å². The van der Waals surface area contributed by atoms with Gasteiger partial charge in [0, 0.05) is 11.6 Å². The lowest BCUT2D eigenvalue weighted by Crippen LogP contribution is -2.06. The summed E-state index contributed by atoms with van der Waals surface area (Å²) in [5.41, 5.74) is 4.05. The van der Waals surface area contributed by atoms with Crippen molar-refractivity contribution in [2.75, 3.05) is 7.05 Å². The first-order chi connectivity index (χ1) is 8.61. The van der Waals surface area contributed by atoms with Crippen LogP contribution in [0.2, 0.25) is 5.02 Å². The maximum Gasteiger partial charge on any atom is 0.123 e. The van der Waals surface area contributed by atoms with Gasteiger partial charge in [-0.3, -0.25) is 0 Å². The third kappa shape index (κ3) is 2.71. The highest BCUT2D eigenvalue weighted by Crippen LogP contribution is 2.29. The minimum atomic E-state index is -0.221. The zero-order valence-electron chi connectivity index (χ0n) is 10.4. The normalized spacial score (nSPS) is 10.7. The van der Waals surface area contributed by atoms with Gasteiger partial charge in [0.2, 0.25) is 0 Å². The molecule has 0 fully saturated rings. The number of hydrogen-bond acceptors (Lipinski definition) is 1. The molecule has 0 amide bonds. The summed E-state index contributed by atoms with van der Waals surface area (Å²) < 4.78 is 13.4. The van der Waals surface area contributed by atoms with Crippen LogP contribution in [0, 0.1) is 12.7 Å². The minimum Gasteiger partial charge on any atom is -0.316 e. The van der Waals surface area contributed by atoms with Crippen molar-refractivity contribution in [3.63, 3.8) is 0 Å². The Morgan fingerprint density at radius 1 is 1.11 bits per heavy atom. The van der Waals surface area contributed by atoms with Crippen LogP contribution < -0.4 is 5.32 Å². The number of hydrogen-bond donors (Lipinski definition) is 1. The van der Waals surface area contributed by atoms with Crippen LogP contribution in [0.5, 0.6) is 0 Å². The zero-order chi connectivity index (χ0) is 13.1. The van der Waals surface area contributed by atoms with Gasteiger partial charge in [0.05, 0.1) is 0 Å². The molecule has 1 N–H and O–H groups in total. The summed E-state index contributed by atoms with van der Waals surface area (Å²) in [7, 11) is 1.88. The van der Waals surface area contributed by atoms with E-state index < -0.39 is 0 Å². The minimum absolute atomic E-state index is 0.221. The molecule has 2 aromatic rings. The van der Waals surface area contributed by atoms with Crippen LogP contribution in [0.3, 0.4) is 0 Å². The van der Waals surface area contributed by atoms with Gasteiger partial charge in [-0.25, -0.2) is 4.39 Å². The maximum absolute atomic E-state index is 13.4. The predicted octanol–water partition coefficient (Wildman–Crippen LogP) is 4.17. The molecule has 0 saturated carbocycles. The lowest BCUT2D eigenvalue weighted by molar-refractivity contribution is 0.628. The van der Waals surface area contributed by atoms with E-state index in [0.29, 0.717) is 11.6 Å². The van der Waals surface area contributed by atoms with Gasteiger partial charge >= 0.3 is 0 Å². The molecule has 0 aliphatic heterocycles. The van der Waals surface area contributed by atoms with Gasteiger partial charge < -0.3 is 5.32 Å². The summed E-state index contributed by atoms with van der Waals surface area (Å²) in [6, 6.07) is 10.5. The molecule has 0 radical (unpaired) electrons. The third-order valence-corrected chi connectivity index (χ3v) is 3.16. The Morgan fingerprint density at radius 3 is 2.61 bits per heavy atom. The number of nitrogens with one attached hydrogen (secondary N) is 1. The fraction of sp³-hybridized carbons (Fsp3) is 0.200. The van der Waals surface area contributed by atoms with Crippen LogP contribution in [0.4, 0.5) is 4.39 Å². The van der Waals surface area contributed by atoms with Gasteiger partial charge in [-0.05, 0) is 60.5 Å². The molecule has 0 bridgehead atoms. The Kier molecular flexibility index (Phi) is 4.00. The van der Waals surface area contributed by atoms with E-state index in [4.69, 9.17) is 11.6 Å². The van der Waals surface area contributed by atoms with Gasteiger partial charge in [-0.1, -0.05) is 23.7 Å². The van der Waals surface area contributed by atoms with Crippen molar-refractivity contribution in [3.05, 3.63) is 58.4 Å². The molecule has 0 atom stereocenters. The first kappa shape index (κ1) is 13.1. The summed E-state index contributed by atoms with van der Waals surface area (Å²) in [4.78, 5) is 0. The fourth-order valence-electron chi connectivity index (χ4n) is 2.05. The quantitative estimate of drug-likeness (QED) is 0.876. The van der Waals surface area contributed by atoms with Crippen molar-refractivity contribution in [2.24, 2.45) is 0 Å². The summed E-state index contributed by atoms with van der Waals surface area (Å²) in [5, 5.41) is 3.80. The predicted molar refractivity (Wildman–Crippen MR) is 74.3 cm³/mol. The molecule has 0 heterocycles. The Bertz CT molecular complexity index is 566. The topological polar surface area (TPSA) is 12.0 Å². The van der Waals surface area contributed by atoms with Crippen molar-refractivity contribution < 1.29 is 4.39 Å². The smallest absolute Gasteiger partial charge is 0.123 e. The Balaban J connectivity index is 2.58. The van der Waals surface area contributed by atoms with Gasteiger partial charge in [0.15, 0.2) is 0 Å². The SMILES string of the molecule is CNCc1cc(Cl)ccc1-c1cc(F)ccc1C. The number of benzene rings is 2. The van der Waals surface area contributed by atoms with E-state index in [0.717, 1.165) is 22.3 Å². The summed E-state index contributed by atoms with van der Waals surface area (Å²) in [6.07, 6.45) is 0. The fourth-order valence-corrected chi connectivity index (χ4v) is 2.24. The van der Waals surface area contributed by atoms with Crippen molar-refractivity contribution in [1.29, 1.82) is 0 Å². The maximum atomic E-state index is 13.4. The van der Waals surface area contributed by atoms with E-state index in [1.54, 1.807) is 12.1 Å². The number of aryl methyl sites for hydroxylation is 1. The molecule has 1 nitrogen and oxygen atoms in total. The van der Waals surface area contributed by atoms with Crippen molar-refractivity contribution in [3.8, 4) is 11.1 Å². The van der Waals surface area contributed by atoms with E-state index in [9.17, 15) is 4.39 Å². The second kappa shape index (κ2) is 5.51. The van der Waals surface area contributed by atoms with Crippen LogP contribution in [0.1, 0.15) is 11.1 Å². The van der Waals surface area contributed by atoms with E-state index in [2.05, 4.69) is 5.32 Å². The largest absolute Gasteiger partial charge is 0.316 e. The molecule has 2 aromatic carbocycles. The Morgan fingerprint density at radius 2 is 1.89 bits per heavy atom. The highest BCUT2D eigenvalue weighted by Gasteiger charge is 2.09. The van der Waals surface area contributed by atoms with Gasteiger partial charge in [0.1, 0.15) is 5.82 Å². The second-order valence-corrected chi connectivity index (χ2v) is 4.73.